The largest absolute Gasteiger partial charge is 0.491 e. The molecule has 1 aliphatic carbocycles. The van der Waals surface area contributed by atoms with Crippen LogP contribution in [0.25, 0.3) is 11.1 Å². The Bertz CT molecular complexity index is 1240. The van der Waals surface area contributed by atoms with Gasteiger partial charge in [-0.1, -0.05) is 24.3 Å². The van der Waals surface area contributed by atoms with E-state index < -0.39 is 35.0 Å². The van der Waals surface area contributed by atoms with E-state index in [1.54, 1.807) is 13.0 Å². The van der Waals surface area contributed by atoms with Crippen LogP contribution in [0.5, 0.6) is 11.5 Å². The molecule has 0 amide bonds. The summed E-state index contributed by atoms with van der Waals surface area (Å²) >= 11 is 0. The van der Waals surface area contributed by atoms with Gasteiger partial charge in [-0.15, -0.1) is 0 Å². The molecular weight excluding hydrogens is 476 g/mol. The van der Waals surface area contributed by atoms with Crippen LogP contribution in [0.1, 0.15) is 54.4 Å². The Labute approximate surface area is 206 Å². The molecule has 8 heteroatoms. The Morgan fingerprint density at radius 2 is 1.47 bits per heavy atom. The first-order chi connectivity index (χ1) is 17.3. The lowest BCUT2D eigenvalue weighted by atomic mass is 9.78. The number of benzene rings is 3. The van der Waals surface area contributed by atoms with Gasteiger partial charge in [-0.2, -0.15) is 8.78 Å². The zero-order valence-corrected chi connectivity index (χ0v) is 19.7. The number of halogens is 4. The molecule has 3 aromatic rings. The van der Waals surface area contributed by atoms with Gasteiger partial charge < -0.3 is 14.6 Å². The maximum Gasteiger partial charge on any atom is 0.343 e. The van der Waals surface area contributed by atoms with Gasteiger partial charge in [-0.3, -0.25) is 0 Å². The maximum absolute atomic E-state index is 15.0. The number of aliphatic hydroxyl groups excluding tert-OH is 1. The molecule has 4 nitrogen and oxygen atoms in total. The van der Waals surface area contributed by atoms with Gasteiger partial charge in [0.05, 0.1) is 12.2 Å². The third-order valence-electron chi connectivity index (χ3n) is 6.60. The molecule has 0 unspecified atom stereocenters. The molecule has 1 N–H and O–H groups in total. The molecule has 1 saturated carbocycles. The highest BCUT2D eigenvalue weighted by atomic mass is 19.2. The Kier molecular flexibility index (Phi) is 7.94. The number of ether oxygens (including phenoxy) is 2. The first-order valence-corrected chi connectivity index (χ1v) is 11.9. The fourth-order valence-electron chi connectivity index (χ4n) is 4.56. The summed E-state index contributed by atoms with van der Waals surface area (Å²) in [6.07, 6.45) is 2.93. The molecule has 190 valence electrons. The Morgan fingerprint density at radius 1 is 0.833 bits per heavy atom. The van der Waals surface area contributed by atoms with E-state index in [1.165, 1.54) is 30.3 Å². The standard InChI is InChI=1S/C28H26F4O4/c1-2-35-22-13-14-23(27(32)26(22)31)36-28(34)19-9-7-18(8-10-19)21-12-11-20(24(29)25(21)30)17-5-3-16(15-33)4-6-17/h7-14,16-17,33H,2-6,15H2,1H3. The number of hydrogen-bond acceptors (Lipinski definition) is 4. The topological polar surface area (TPSA) is 55.8 Å². The molecular formula is C28H26F4O4. The summed E-state index contributed by atoms with van der Waals surface area (Å²) in [5, 5.41) is 9.29. The van der Waals surface area contributed by atoms with E-state index in [0.29, 0.717) is 24.0 Å². The van der Waals surface area contributed by atoms with Crippen LogP contribution in [-0.2, 0) is 0 Å². The van der Waals surface area contributed by atoms with Crippen molar-refractivity contribution in [3.63, 3.8) is 0 Å². The first kappa shape index (κ1) is 25.7. The summed E-state index contributed by atoms with van der Waals surface area (Å²) in [6.45, 7) is 1.87. The second kappa shape index (κ2) is 11.1. The van der Waals surface area contributed by atoms with E-state index in [9.17, 15) is 27.5 Å². The summed E-state index contributed by atoms with van der Waals surface area (Å²) in [5.41, 5.74) is 0.736. The number of carbonyl (C=O) groups excluding carboxylic acids is 1. The summed E-state index contributed by atoms with van der Waals surface area (Å²) in [5.74, 6) is -6.20. The average molecular weight is 503 g/mol. The van der Waals surface area contributed by atoms with Crippen LogP contribution in [0.15, 0.2) is 48.5 Å². The highest BCUT2D eigenvalue weighted by Gasteiger charge is 2.26. The molecule has 4 rings (SSSR count). The van der Waals surface area contributed by atoms with Gasteiger partial charge in [-0.25, -0.2) is 13.6 Å². The Morgan fingerprint density at radius 3 is 2.11 bits per heavy atom. The summed E-state index contributed by atoms with van der Waals surface area (Å²) in [7, 11) is 0. The molecule has 0 atom stereocenters. The van der Waals surface area contributed by atoms with Gasteiger partial charge in [-0.05, 0) is 79.8 Å². The minimum absolute atomic E-state index is 0.0191. The molecule has 36 heavy (non-hydrogen) atoms. The lowest BCUT2D eigenvalue weighted by Crippen LogP contribution is -2.17. The van der Waals surface area contributed by atoms with Crippen molar-refractivity contribution in [2.45, 2.75) is 38.5 Å². The molecule has 3 aromatic carbocycles. The fraction of sp³-hybridized carbons (Fsp3) is 0.321. The highest BCUT2D eigenvalue weighted by molar-refractivity contribution is 5.91. The highest BCUT2D eigenvalue weighted by Crippen LogP contribution is 2.39. The van der Waals surface area contributed by atoms with Gasteiger partial charge in [0.2, 0.25) is 11.6 Å². The minimum Gasteiger partial charge on any atom is -0.491 e. The summed E-state index contributed by atoms with van der Waals surface area (Å²) in [6, 6.07) is 10.9. The second-order valence-corrected chi connectivity index (χ2v) is 8.82. The lowest BCUT2D eigenvalue weighted by Gasteiger charge is -2.28. The van der Waals surface area contributed by atoms with Gasteiger partial charge >= 0.3 is 5.97 Å². The smallest absolute Gasteiger partial charge is 0.343 e. The van der Waals surface area contributed by atoms with Crippen molar-refractivity contribution in [1.29, 1.82) is 0 Å². The SMILES string of the molecule is CCOc1ccc(OC(=O)c2ccc(-c3ccc(C4CCC(CO)CC4)c(F)c3F)cc2)c(F)c1F. The first-order valence-electron chi connectivity index (χ1n) is 11.9. The number of hydrogen-bond donors (Lipinski definition) is 1. The van der Waals surface area contributed by atoms with Crippen molar-refractivity contribution in [1.82, 2.24) is 0 Å². The van der Waals surface area contributed by atoms with E-state index in [-0.39, 0.29) is 41.9 Å². The van der Waals surface area contributed by atoms with E-state index in [0.717, 1.165) is 25.0 Å². The van der Waals surface area contributed by atoms with Crippen molar-refractivity contribution in [3.8, 4) is 22.6 Å². The van der Waals surface area contributed by atoms with Gasteiger partial charge in [0.15, 0.2) is 23.1 Å². The third-order valence-corrected chi connectivity index (χ3v) is 6.60. The van der Waals surface area contributed by atoms with Crippen LogP contribution in [0.4, 0.5) is 17.6 Å². The number of rotatable bonds is 7. The fourth-order valence-corrected chi connectivity index (χ4v) is 4.56. The number of carbonyl (C=O) groups is 1. The third kappa shape index (κ3) is 5.23. The van der Waals surface area contributed by atoms with Crippen molar-refractivity contribution in [3.05, 3.63) is 82.9 Å². The molecule has 1 fully saturated rings. The second-order valence-electron chi connectivity index (χ2n) is 8.82. The molecule has 0 aromatic heterocycles. The molecule has 0 spiro atoms. The van der Waals surface area contributed by atoms with E-state index >= 15 is 0 Å². The molecule has 0 saturated heterocycles. The number of aliphatic hydroxyl groups is 1. The molecule has 0 heterocycles. The summed E-state index contributed by atoms with van der Waals surface area (Å²) < 4.78 is 68.1. The predicted octanol–water partition coefficient (Wildman–Crippen LogP) is 6.79. The number of esters is 1. The van der Waals surface area contributed by atoms with Crippen molar-refractivity contribution >= 4 is 5.97 Å². The quantitative estimate of drug-likeness (QED) is 0.220. The Hall–Kier alpha value is -3.39. The van der Waals surface area contributed by atoms with Crippen LogP contribution in [-0.4, -0.2) is 24.3 Å². The molecule has 0 aliphatic heterocycles. The van der Waals surface area contributed by atoms with Crippen molar-refractivity contribution in [2.24, 2.45) is 5.92 Å². The average Bonchev–Trinajstić information content (AvgIpc) is 2.90. The van der Waals surface area contributed by atoms with Crippen LogP contribution in [0.2, 0.25) is 0 Å². The monoisotopic (exact) mass is 502 g/mol. The molecule has 0 bridgehead atoms. The zero-order chi connectivity index (χ0) is 25.8. The van der Waals surface area contributed by atoms with Gasteiger partial charge in [0.1, 0.15) is 0 Å². The van der Waals surface area contributed by atoms with Gasteiger partial charge in [0.25, 0.3) is 0 Å². The van der Waals surface area contributed by atoms with Crippen molar-refractivity contribution in [2.75, 3.05) is 13.2 Å². The normalized spacial score (nSPS) is 17.6. The van der Waals surface area contributed by atoms with E-state index in [1.807, 2.05) is 0 Å². The van der Waals surface area contributed by atoms with Crippen LogP contribution < -0.4 is 9.47 Å². The molecule has 0 radical (unpaired) electrons. The minimum atomic E-state index is -1.35. The van der Waals surface area contributed by atoms with E-state index in [4.69, 9.17) is 9.47 Å². The lowest BCUT2D eigenvalue weighted by molar-refractivity contribution is 0.0726. The van der Waals surface area contributed by atoms with Crippen LogP contribution >= 0.6 is 0 Å². The van der Waals surface area contributed by atoms with E-state index in [2.05, 4.69) is 0 Å². The van der Waals surface area contributed by atoms with Crippen molar-refractivity contribution < 1.29 is 36.9 Å². The Balaban J connectivity index is 1.49. The van der Waals surface area contributed by atoms with Gasteiger partial charge in [0, 0.05) is 12.2 Å². The van der Waals surface area contributed by atoms with Crippen LogP contribution in [0.3, 0.4) is 0 Å². The summed E-state index contributed by atoms with van der Waals surface area (Å²) in [4.78, 5) is 12.4. The van der Waals surface area contributed by atoms with Crippen LogP contribution in [0, 0.1) is 29.2 Å². The zero-order valence-electron chi connectivity index (χ0n) is 19.7. The molecule has 1 aliphatic rings. The predicted molar refractivity (Wildman–Crippen MR) is 126 cm³/mol. The maximum atomic E-state index is 15.0.